The van der Waals surface area contributed by atoms with E-state index in [2.05, 4.69) is 24.4 Å². The molecule has 0 radical (unpaired) electrons. The van der Waals surface area contributed by atoms with E-state index in [9.17, 15) is 9.59 Å². The summed E-state index contributed by atoms with van der Waals surface area (Å²) in [6.07, 6.45) is -0.394. The van der Waals surface area contributed by atoms with Gasteiger partial charge in [-0.2, -0.15) is 0 Å². The van der Waals surface area contributed by atoms with Crippen molar-refractivity contribution in [2.24, 2.45) is 0 Å². The molecular weight excluding hydrogens is 392 g/mol. The highest BCUT2D eigenvalue weighted by molar-refractivity contribution is 6.05. The number of hydrogen-bond donors (Lipinski definition) is 1. The number of hydrogen-bond acceptors (Lipinski definition) is 4. The first-order valence-corrected chi connectivity index (χ1v) is 10.1. The average Bonchev–Trinajstić information content (AvgIpc) is 3.20. The summed E-state index contributed by atoms with van der Waals surface area (Å²) in [5.41, 5.74) is 5.02. The van der Waals surface area contributed by atoms with E-state index in [0.29, 0.717) is 36.7 Å². The number of nitrogens with zero attached hydrogens (tertiary/aromatic N) is 1. The maximum atomic E-state index is 12.8. The highest BCUT2D eigenvalue weighted by Gasteiger charge is 2.24. The highest BCUT2D eigenvalue weighted by atomic mass is 16.6. The summed E-state index contributed by atoms with van der Waals surface area (Å²) in [6, 6.07) is 20.7. The second-order valence-corrected chi connectivity index (χ2v) is 7.52. The van der Waals surface area contributed by atoms with Crippen LogP contribution in [0.3, 0.4) is 0 Å². The second-order valence-electron chi connectivity index (χ2n) is 7.52. The van der Waals surface area contributed by atoms with Crippen LogP contribution in [0.1, 0.15) is 27.0 Å². The molecule has 1 saturated heterocycles. The Hall–Kier alpha value is -3.80. The lowest BCUT2D eigenvalue weighted by molar-refractivity contribution is 0.102. The minimum absolute atomic E-state index is 0.244. The van der Waals surface area contributed by atoms with Crippen LogP contribution in [0.2, 0.25) is 0 Å². The lowest BCUT2D eigenvalue weighted by atomic mass is 10.1. The fourth-order valence-corrected chi connectivity index (χ4v) is 3.47. The lowest BCUT2D eigenvalue weighted by Gasteiger charge is -2.15. The van der Waals surface area contributed by atoms with E-state index in [1.54, 1.807) is 24.3 Å². The largest absolute Gasteiger partial charge is 0.489 e. The van der Waals surface area contributed by atoms with Crippen LogP contribution in [0.4, 0.5) is 16.2 Å². The van der Waals surface area contributed by atoms with Gasteiger partial charge in [0.1, 0.15) is 19.0 Å². The van der Waals surface area contributed by atoms with Crippen LogP contribution in [-0.4, -0.2) is 25.2 Å². The van der Waals surface area contributed by atoms with Gasteiger partial charge in [0.15, 0.2) is 0 Å². The Morgan fingerprint density at radius 1 is 1.06 bits per heavy atom. The summed E-state index contributed by atoms with van der Waals surface area (Å²) in [4.78, 5) is 26.1. The second kappa shape index (κ2) is 8.92. The van der Waals surface area contributed by atoms with E-state index >= 15 is 0 Å². The molecule has 1 aliphatic rings. The maximum absolute atomic E-state index is 12.8. The smallest absolute Gasteiger partial charge is 0.414 e. The number of carbonyl (C=O) groups is 2. The van der Waals surface area contributed by atoms with Crippen molar-refractivity contribution in [1.29, 1.82) is 0 Å². The van der Waals surface area contributed by atoms with Gasteiger partial charge in [0.05, 0.1) is 6.54 Å². The van der Waals surface area contributed by atoms with Crippen molar-refractivity contribution in [3.63, 3.8) is 0 Å². The minimum atomic E-state index is -0.394. The molecule has 1 aliphatic heterocycles. The molecule has 0 unspecified atom stereocenters. The summed E-state index contributed by atoms with van der Waals surface area (Å²) in [7, 11) is 0. The van der Waals surface area contributed by atoms with Gasteiger partial charge in [0.2, 0.25) is 0 Å². The Bertz CT molecular complexity index is 1130. The lowest BCUT2D eigenvalue weighted by Crippen LogP contribution is -2.23. The molecule has 158 valence electrons. The van der Waals surface area contributed by atoms with Gasteiger partial charge in [-0.3, -0.25) is 9.69 Å². The molecule has 0 spiro atoms. The van der Waals surface area contributed by atoms with Crippen LogP contribution in [0.15, 0.2) is 66.7 Å². The quantitative estimate of drug-likeness (QED) is 0.608. The average molecular weight is 416 g/mol. The molecule has 4 rings (SSSR count). The standard InChI is InChI=1S/C25H24N2O4/c1-17-5-3-6-19(13-17)16-31-22-9-10-23(18(2)14-22)26-24(28)20-7-4-8-21(15-20)27-11-12-30-25(27)29/h3-10,13-15H,11-12,16H2,1-2H3,(H,26,28). The third kappa shape index (κ3) is 4.86. The normalized spacial score (nSPS) is 13.1. The topological polar surface area (TPSA) is 67.9 Å². The molecule has 1 N–H and O–H groups in total. The van der Waals surface area contributed by atoms with Crippen LogP contribution in [0.25, 0.3) is 0 Å². The van der Waals surface area contributed by atoms with Gasteiger partial charge >= 0.3 is 6.09 Å². The maximum Gasteiger partial charge on any atom is 0.414 e. The van der Waals surface area contributed by atoms with E-state index in [4.69, 9.17) is 9.47 Å². The van der Waals surface area contributed by atoms with Gasteiger partial charge in [0, 0.05) is 16.9 Å². The third-order valence-corrected chi connectivity index (χ3v) is 5.11. The van der Waals surface area contributed by atoms with Crippen LogP contribution in [0.5, 0.6) is 5.75 Å². The first-order chi connectivity index (χ1) is 15.0. The zero-order valence-electron chi connectivity index (χ0n) is 17.6. The number of rotatable bonds is 6. The minimum Gasteiger partial charge on any atom is -0.489 e. The Balaban J connectivity index is 1.42. The summed E-state index contributed by atoms with van der Waals surface area (Å²) in [5, 5.41) is 2.93. The summed E-state index contributed by atoms with van der Waals surface area (Å²) < 4.78 is 10.9. The van der Waals surface area contributed by atoms with Crippen molar-refractivity contribution in [2.45, 2.75) is 20.5 Å². The van der Waals surface area contributed by atoms with E-state index < -0.39 is 6.09 Å². The van der Waals surface area contributed by atoms with Gasteiger partial charge < -0.3 is 14.8 Å². The molecule has 0 bridgehead atoms. The number of nitrogens with one attached hydrogen (secondary N) is 1. The molecule has 1 fully saturated rings. The molecule has 6 nitrogen and oxygen atoms in total. The SMILES string of the molecule is Cc1cccc(COc2ccc(NC(=O)c3cccc(N4CCOC4=O)c3)c(C)c2)c1. The van der Waals surface area contributed by atoms with Crippen LogP contribution in [-0.2, 0) is 11.3 Å². The van der Waals surface area contributed by atoms with Crippen molar-refractivity contribution in [1.82, 2.24) is 0 Å². The molecular formula is C25H24N2O4. The molecule has 0 aliphatic carbocycles. The van der Waals surface area contributed by atoms with E-state index in [0.717, 1.165) is 16.9 Å². The Kier molecular flexibility index (Phi) is 5.89. The van der Waals surface area contributed by atoms with Crippen molar-refractivity contribution >= 4 is 23.4 Å². The van der Waals surface area contributed by atoms with Gasteiger partial charge in [-0.15, -0.1) is 0 Å². The Morgan fingerprint density at radius 2 is 1.90 bits per heavy atom. The number of ether oxygens (including phenoxy) is 2. The first kappa shape index (κ1) is 20.5. The van der Waals surface area contributed by atoms with Crippen molar-refractivity contribution in [2.75, 3.05) is 23.4 Å². The predicted molar refractivity (Wildman–Crippen MR) is 120 cm³/mol. The van der Waals surface area contributed by atoms with Crippen LogP contribution in [0, 0.1) is 13.8 Å². The van der Waals surface area contributed by atoms with E-state index in [-0.39, 0.29) is 5.91 Å². The highest BCUT2D eigenvalue weighted by Crippen LogP contribution is 2.24. The van der Waals surface area contributed by atoms with Gasteiger partial charge in [0.25, 0.3) is 5.91 Å². The van der Waals surface area contributed by atoms with Gasteiger partial charge in [-0.25, -0.2) is 4.79 Å². The van der Waals surface area contributed by atoms with Crippen molar-refractivity contribution in [3.05, 3.63) is 89.0 Å². The summed E-state index contributed by atoms with van der Waals surface area (Å²) in [5.74, 6) is 0.498. The molecule has 3 aromatic rings. The van der Waals surface area contributed by atoms with E-state index in [1.165, 1.54) is 10.5 Å². The van der Waals surface area contributed by atoms with Crippen LogP contribution >= 0.6 is 0 Å². The zero-order chi connectivity index (χ0) is 21.8. The molecule has 6 heteroatoms. The fraction of sp³-hybridized carbons (Fsp3) is 0.200. The van der Waals surface area contributed by atoms with Crippen LogP contribution < -0.4 is 15.0 Å². The van der Waals surface area contributed by atoms with Crippen molar-refractivity contribution in [3.8, 4) is 5.75 Å². The Labute approximate surface area is 181 Å². The number of aryl methyl sites for hydroxylation is 2. The van der Waals surface area contributed by atoms with Gasteiger partial charge in [-0.05, 0) is 61.4 Å². The molecule has 0 atom stereocenters. The zero-order valence-corrected chi connectivity index (χ0v) is 17.6. The number of anilines is 2. The Morgan fingerprint density at radius 3 is 2.65 bits per heavy atom. The molecule has 0 aromatic heterocycles. The summed E-state index contributed by atoms with van der Waals surface area (Å²) in [6.45, 7) is 5.29. The molecule has 1 heterocycles. The number of carbonyl (C=O) groups excluding carboxylic acids is 2. The predicted octanol–water partition coefficient (Wildman–Crippen LogP) is 5.09. The number of benzene rings is 3. The van der Waals surface area contributed by atoms with Crippen molar-refractivity contribution < 1.29 is 19.1 Å². The number of cyclic esters (lactones) is 1. The first-order valence-electron chi connectivity index (χ1n) is 10.1. The molecule has 3 aromatic carbocycles. The summed E-state index contributed by atoms with van der Waals surface area (Å²) >= 11 is 0. The van der Waals surface area contributed by atoms with Gasteiger partial charge in [-0.1, -0.05) is 35.9 Å². The van der Waals surface area contributed by atoms with E-state index in [1.807, 2.05) is 37.3 Å². The fourth-order valence-electron chi connectivity index (χ4n) is 3.47. The monoisotopic (exact) mass is 416 g/mol. The number of amides is 2. The molecule has 0 saturated carbocycles. The third-order valence-electron chi connectivity index (χ3n) is 5.11. The molecule has 2 amide bonds. The molecule has 31 heavy (non-hydrogen) atoms.